The molecule has 168 valence electrons. The highest BCUT2D eigenvalue weighted by Gasteiger charge is 2.26. The predicted octanol–water partition coefficient (Wildman–Crippen LogP) is 3.70. The fraction of sp³-hybridized carbons (Fsp3) is 0.364. The summed E-state index contributed by atoms with van der Waals surface area (Å²) in [5.74, 6) is -0.831. The first-order valence-electron chi connectivity index (χ1n) is 9.94. The maximum absolute atomic E-state index is 12.9. The molecule has 0 aliphatic carbocycles. The first kappa shape index (κ1) is 24.8. The number of amides is 2. The average Bonchev–Trinajstić information content (AvgIpc) is 2.71. The maximum Gasteiger partial charge on any atom is 0.254 e. The van der Waals surface area contributed by atoms with Gasteiger partial charge in [-0.05, 0) is 43.2 Å². The Morgan fingerprint density at radius 3 is 2.16 bits per heavy atom. The van der Waals surface area contributed by atoms with E-state index in [0.29, 0.717) is 5.69 Å². The summed E-state index contributed by atoms with van der Waals surface area (Å²) in [6.45, 7) is 7.62. The molecule has 0 saturated heterocycles. The van der Waals surface area contributed by atoms with Gasteiger partial charge in [0.1, 0.15) is 4.90 Å². The van der Waals surface area contributed by atoms with Crippen molar-refractivity contribution < 1.29 is 18.0 Å². The number of carbonyl (C=O) groups excluding carboxylic acids is 2. The smallest absolute Gasteiger partial charge is 0.254 e. The molecule has 7 nitrogen and oxygen atoms in total. The minimum absolute atomic E-state index is 0.0406. The molecule has 0 aliphatic heterocycles. The Kier molecular flexibility index (Phi) is 8.22. The lowest BCUT2D eigenvalue weighted by molar-refractivity contribution is -0.116. The van der Waals surface area contributed by atoms with Crippen LogP contribution >= 0.6 is 11.6 Å². The van der Waals surface area contributed by atoms with Crippen molar-refractivity contribution in [2.24, 2.45) is 0 Å². The summed E-state index contributed by atoms with van der Waals surface area (Å²) in [7, 11) is -2.35. The highest BCUT2D eigenvalue weighted by molar-refractivity contribution is 7.89. The van der Waals surface area contributed by atoms with Crippen LogP contribution in [0.1, 0.15) is 35.3 Å². The Morgan fingerprint density at radius 1 is 1.03 bits per heavy atom. The Bertz CT molecular complexity index is 1060. The first-order chi connectivity index (χ1) is 14.5. The number of hydrogen-bond acceptors (Lipinski definition) is 4. The molecule has 0 saturated carbocycles. The SMILES string of the molecule is CCN(CC)S(=O)(=O)c1cc(C(=O)N(C)CC(=O)Nc2c(C)cccc2C)ccc1Cl. The molecule has 2 amide bonds. The van der Waals surface area contributed by atoms with E-state index in [4.69, 9.17) is 11.6 Å². The van der Waals surface area contributed by atoms with E-state index in [0.717, 1.165) is 11.1 Å². The molecular formula is C22H28ClN3O4S. The van der Waals surface area contributed by atoms with Gasteiger partial charge in [-0.1, -0.05) is 43.6 Å². The molecule has 31 heavy (non-hydrogen) atoms. The van der Waals surface area contributed by atoms with Crippen LogP contribution in [0.15, 0.2) is 41.3 Å². The predicted molar refractivity (Wildman–Crippen MR) is 123 cm³/mol. The molecule has 0 atom stereocenters. The number of aryl methyl sites for hydroxylation is 2. The van der Waals surface area contributed by atoms with Crippen LogP contribution in [0.4, 0.5) is 5.69 Å². The zero-order valence-corrected chi connectivity index (χ0v) is 20.0. The van der Waals surface area contributed by atoms with Gasteiger partial charge in [0.05, 0.1) is 11.6 Å². The molecule has 1 N–H and O–H groups in total. The number of nitrogens with zero attached hydrogens (tertiary/aromatic N) is 2. The molecule has 2 rings (SSSR count). The molecule has 0 radical (unpaired) electrons. The number of benzene rings is 2. The van der Waals surface area contributed by atoms with Crippen LogP contribution in [0.5, 0.6) is 0 Å². The van der Waals surface area contributed by atoms with Crippen molar-refractivity contribution in [2.75, 3.05) is 32.0 Å². The zero-order chi connectivity index (χ0) is 23.3. The second-order valence-electron chi connectivity index (χ2n) is 7.21. The quantitative estimate of drug-likeness (QED) is 0.644. The molecule has 0 aliphatic rings. The Labute approximate surface area is 189 Å². The lowest BCUT2D eigenvalue weighted by Gasteiger charge is -2.21. The zero-order valence-electron chi connectivity index (χ0n) is 18.4. The van der Waals surface area contributed by atoms with Crippen LogP contribution < -0.4 is 5.32 Å². The van der Waals surface area contributed by atoms with Crippen molar-refractivity contribution in [2.45, 2.75) is 32.6 Å². The van der Waals surface area contributed by atoms with Crippen molar-refractivity contribution in [3.05, 3.63) is 58.1 Å². The number of anilines is 1. The Hall–Kier alpha value is -2.42. The lowest BCUT2D eigenvalue weighted by atomic mass is 10.1. The number of carbonyl (C=O) groups is 2. The van der Waals surface area contributed by atoms with Gasteiger partial charge < -0.3 is 10.2 Å². The van der Waals surface area contributed by atoms with Gasteiger partial charge in [-0.15, -0.1) is 0 Å². The Balaban J connectivity index is 2.22. The molecule has 0 unspecified atom stereocenters. The average molecular weight is 466 g/mol. The van der Waals surface area contributed by atoms with Crippen molar-refractivity contribution in [3.63, 3.8) is 0 Å². The van der Waals surface area contributed by atoms with Crippen LogP contribution in [-0.4, -0.2) is 56.1 Å². The summed E-state index contributed by atoms with van der Waals surface area (Å²) < 4.78 is 27.0. The second kappa shape index (κ2) is 10.3. The molecule has 0 heterocycles. The van der Waals surface area contributed by atoms with Gasteiger partial charge in [0, 0.05) is 31.4 Å². The molecule has 2 aromatic carbocycles. The van der Waals surface area contributed by atoms with Gasteiger partial charge in [-0.25, -0.2) is 8.42 Å². The fourth-order valence-electron chi connectivity index (χ4n) is 3.23. The largest absolute Gasteiger partial charge is 0.332 e. The summed E-state index contributed by atoms with van der Waals surface area (Å²) in [5.41, 5.74) is 2.70. The van der Waals surface area contributed by atoms with E-state index in [-0.39, 0.29) is 41.0 Å². The van der Waals surface area contributed by atoms with E-state index in [9.17, 15) is 18.0 Å². The van der Waals surface area contributed by atoms with Crippen LogP contribution in [0.3, 0.4) is 0 Å². The van der Waals surface area contributed by atoms with Gasteiger partial charge in [0.25, 0.3) is 5.91 Å². The summed E-state index contributed by atoms with van der Waals surface area (Å²) in [6.07, 6.45) is 0. The highest BCUT2D eigenvalue weighted by atomic mass is 35.5. The number of para-hydroxylation sites is 1. The van der Waals surface area contributed by atoms with Crippen molar-refractivity contribution in [3.8, 4) is 0 Å². The Morgan fingerprint density at radius 2 is 1.61 bits per heavy atom. The molecule has 2 aromatic rings. The molecule has 9 heteroatoms. The molecule has 0 bridgehead atoms. The topological polar surface area (TPSA) is 86.8 Å². The van der Waals surface area contributed by atoms with Gasteiger partial charge in [0.15, 0.2) is 0 Å². The van der Waals surface area contributed by atoms with Gasteiger partial charge in [-0.3, -0.25) is 9.59 Å². The third-order valence-corrected chi connectivity index (χ3v) is 7.51. The van der Waals surface area contributed by atoms with Crippen molar-refractivity contribution >= 4 is 39.1 Å². The summed E-state index contributed by atoms with van der Waals surface area (Å²) >= 11 is 6.13. The van der Waals surface area contributed by atoms with E-state index >= 15 is 0 Å². The third-order valence-electron chi connectivity index (χ3n) is 4.97. The molecular weight excluding hydrogens is 438 g/mol. The first-order valence-corrected chi connectivity index (χ1v) is 11.8. The molecule has 0 spiro atoms. The van der Waals surface area contributed by atoms with Gasteiger partial charge in [0.2, 0.25) is 15.9 Å². The van der Waals surface area contributed by atoms with Crippen molar-refractivity contribution in [1.29, 1.82) is 0 Å². The normalized spacial score (nSPS) is 11.5. The maximum atomic E-state index is 12.9. The van der Waals surface area contributed by atoms with E-state index < -0.39 is 15.9 Å². The summed E-state index contributed by atoms with van der Waals surface area (Å²) in [4.78, 5) is 26.5. The minimum Gasteiger partial charge on any atom is -0.332 e. The van der Waals surface area contributed by atoms with E-state index in [1.807, 2.05) is 32.0 Å². The standard InChI is InChI=1S/C22H28ClN3O4S/c1-6-26(7-2)31(29,30)19-13-17(11-12-18(19)23)22(28)25(5)14-20(27)24-21-15(3)9-8-10-16(21)4/h8-13H,6-7,14H2,1-5H3,(H,24,27). The number of sulfonamides is 1. The van der Waals surface area contributed by atoms with Gasteiger partial charge >= 0.3 is 0 Å². The van der Waals surface area contributed by atoms with E-state index in [2.05, 4.69) is 5.32 Å². The molecule has 0 aromatic heterocycles. The monoisotopic (exact) mass is 465 g/mol. The fourth-order valence-corrected chi connectivity index (χ4v) is 5.19. The van der Waals surface area contributed by atoms with Crippen molar-refractivity contribution in [1.82, 2.24) is 9.21 Å². The van der Waals surface area contributed by atoms with E-state index in [1.165, 1.54) is 34.5 Å². The van der Waals surface area contributed by atoms with Crippen LogP contribution in [0, 0.1) is 13.8 Å². The van der Waals surface area contributed by atoms with E-state index in [1.54, 1.807) is 13.8 Å². The van der Waals surface area contributed by atoms with Crippen LogP contribution in [0.2, 0.25) is 5.02 Å². The summed E-state index contributed by atoms with van der Waals surface area (Å²) in [5, 5.41) is 2.87. The number of rotatable bonds is 8. The summed E-state index contributed by atoms with van der Waals surface area (Å²) in [6, 6.07) is 9.78. The second-order valence-corrected chi connectivity index (χ2v) is 9.52. The number of likely N-dealkylation sites (N-methyl/N-ethyl adjacent to an activating group) is 1. The minimum atomic E-state index is -3.84. The van der Waals surface area contributed by atoms with Crippen LogP contribution in [-0.2, 0) is 14.8 Å². The number of halogens is 1. The third kappa shape index (κ3) is 5.64. The number of hydrogen-bond donors (Lipinski definition) is 1. The number of nitrogens with one attached hydrogen (secondary N) is 1. The molecule has 0 fully saturated rings. The highest BCUT2D eigenvalue weighted by Crippen LogP contribution is 2.26. The van der Waals surface area contributed by atoms with Gasteiger partial charge in [-0.2, -0.15) is 4.31 Å². The van der Waals surface area contributed by atoms with Crippen LogP contribution in [0.25, 0.3) is 0 Å². The lowest BCUT2D eigenvalue weighted by Crippen LogP contribution is -2.35.